The molecule has 2 aliphatic heterocycles. The Morgan fingerprint density at radius 1 is 0.917 bits per heavy atom. The maximum absolute atomic E-state index is 14.5. The Balaban J connectivity index is 1.86. The van der Waals surface area contributed by atoms with Crippen molar-refractivity contribution in [3.63, 3.8) is 0 Å². The van der Waals surface area contributed by atoms with E-state index in [2.05, 4.69) is 19.2 Å². The van der Waals surface area contributed by atoms with E-state index in [9.17, 15) is 14.4 Å². The smallest absolute Gasteiger partial charge is 0.255 e. The summed E-state index contributed by atoms with van der Waals surface area (Å²) >= 11 is 0. The van der Waals surface area contributed by atoms with Gasteiger partial charge in [-0.2, -0.15) is 0 Å². The highest BCUT2D eigenvalue weighted by Crippen LogP contribution is 2.60. The second kappa shape index (κ2) is 9.38. The van der Waals surface area contributed by atoms with E-state index in [1.807, 2.05) is 79.7 Å². The second-order valence-corrected chi connectivity index (χ2v) is 10.2. The van der Waals surface area contributed by atoms with Crippen LogP contribution in [0, 0.1) is 11.8 Å². The predicted octanol–water partition coefficient (Wildman–Crippen LogP) is 5.78. The number of anilines is 1. The number of nitrogens with one attached hydrogen (secondary N) is 1. The number of Topliss-reactive ketones (excluding diaryl/α,β-unsaturated/α-hetero) is 1. The summed E-state index contributed by atoms with van der Waals surface area (Å²) in [5, 5.41) is 3.04. The van der Waals surface area contributed by atoms with Crippen molar-refractivity contribution in [3.8, 4) is 0 Å². The highest BCUT2D eigenvalue weighted by atomic mass is 16.2. The molecule has 0 saturated carbocycles. The molecule has 0 radical (unpaired) electrons. The van der Waals surface area contributed by atoms with Gasteiger partial charge in [-0.05, 0) is 24.0 Å². The molecule has 0 aromatic heterocycles. The minimum Gasteiger partial charge on any atom is -0.323 e. The monoisotopic (exact) mass is 480 g/mol. The lowest BCUT2D eigenvalue weighted by Crippen LogP contribution is -2.57. The van der Waals surface area contributed by atoms with Gasteiger partial charge in [0.1, 0.15) is 0 Å². The molecule has 0 bridgehead atoms. The largest absolute Gasteiger partial charge is 0.323 e. The van der Waals surface area contributed by atoms with Crippen molar-refractivity contribution >= 4 is 23.3 Å². The van der Waals surface area contributed by atoms with Gasteiger partial charge in [0.05, 0.1) is 5.92 Å². The normalized spacial score (nSPS) is 24.7. The average molecular weight is 481 g/mol. The van der Waals surface area contributed by atoms with E-state index in [0.717, 1.165) is 5.56 Å². The van der Waals surface area contributed by atoms with Gasteiger partial charge < -0.3 is 10.2 Å². The van der Waals surface area contributed by atoms with Crippen molar-refractivity contribution in [1.82, 2.24) is 4.90 Å². The van der Waals surface area contributed by atoms with Crippen LogP contribution >= 0.6 is 0 Å². The van der Waals surface area contributed by atoms with Gasteiger partial charge in [0, 0.05) is 35.2 Å². The summed E-state index contributed by atoms with van der Waals surface area (Å²) in [7, 11) is 0. The van der Waals surface area contributed by atoms with Gasteiger partial charge in [-0.15, -0.1) is 0 Å². The summed E-state index contributed by atoms with van der Waals surface area (Å²) in [4.78, 5) is 44.5. The molecule has 36 heavy (non-hydrogen) atoms. The summed E-state index contributed by atoms with van der Waals surface area (Å²) in [6.07, 6.45) is 0.973. The number of nitrogens with zero attached hydrogens (tertiary/aromatic N) is 1. The van der Waals surface area contributed by atoms with Crippen LogP contribution in [0.4, 0.5) is 5.69 Å². The SMILES string of the molecule is CCCC(=O)N1C(C(C)C)C(c2ccccc2)C(C(=O)c2ccccc2)C12C(=O)Nc1ccccc12. The van der Waals surface area contributed by atoms with Crippen LogP contribution < -0.4 is 5.32 Å². The van der Waals surface area contributed by atoms with Gasteiger partial charge in [-0.25, -0.2) is 0 Å². The number of para-hydroxylation sites is 1. The van der Waals surface area contributed by atoms with E-state index >= 15 is 0 Å². The third kappa shape index (κ3) is 3.48. The van der Waals surface area contributed by atoms with Crippen molar-refractivity contribution in [1.29, 1.82) is 0 Å². The topological polar surface area (TPSA) is 66.5 Å². The quantitative estimate of drug-likeness (QED) is 0.455. The zero-order valence-corrected chi connectivity index (χ0v) is 21.0. The zero-order valence-electron chi connectivity index (χ0n) is 21.0. The minimum absolute atomic E-state index is 0.0158. The molecule has 2 aliphatic rings. The van der Waals surface area contributed by atoms with Gasteiger partial charge in [0.2, 0.25) is 5.91 Å². The number of hydrogen-bond acceptors (Lipinski definition) is 3. The number of hydrogen-bond donors (Lipinski definition) is 1. The van der Waals surface area contributed by atoms with Crippen molar-refractivity contribution in [2.24, 2.45) is 11.8 Å². The molecule has 5 nitrogen and oxygen atoms in total. The lowest BCUT2D eigenvalue weighted by atomic mass is 9.68. The molecule has 1 N–H and O–H groups in total. The van der Waals surface area contributed by atoms with E-state index in [1.54, 1.807) is 17.0 Å². The molecule has 5 rings (SSSR count). The molecule has 184 valence electrons. The van der Waals surface area contributed by atoms with Crippen molar-refractivity contribution < 1.29 is 14.4 Å². The number of amides is 2. The molecule has 3 aromatic carbocycles. The molecule has 1 fully saturated rings. The first-order chi connectivity index (χ1) is 17.4. The molecule has 0 aliphatic carbocycles. The number of benzene rings is 3. The highest BCUT2D eigenvalue weighted by Gasteiger charge is 2.70. The van der Waals surface area contributed by atoms with E-state index in [-0.39, 0.29) is 35.5 Å². The van der Waals surface area contributed by atoms with Crippen LogP contribution in [0.5, 0.6) is 0 Å². The van der Waals surface area contributed by atoms with Crippen LogP contribution in [0.15, 0.2) is 84.9 Å². The van der Waals surface area contributed by atoms with Crippen LogP contribution in [-0.4, -0.2) is 28.5 Å². The van der Waals surface area contributed by atoms with Gasteiger partial charge in [0.25, 0.3) is 5.91 Å². The van der Waals surface area contributed by atoms with Crippen LogP contribution in [0.25, 0.3) is 0 Å². The first-order valence-electron chi connectivity index (χ1n) is 12.8. The van der Waals surface area contributed by atoms with Crippen molar-refractivity contribution in [3.05, 3.63) is 102 Å². The number of rotatable bonds is 6. The number of ketones is 1. The maximum Gasteiger partial charge on any atom is 0.255 e. The van der Waals surface area contributed by atoms with Gasteiger partial charge in [-0.1, -0.05) is 99.6 Å². The Morgan fingerprint density at radius 3 is 2.17 bits per heavy atom. The molecular weight excluding hydrogens is 448 g/mol. The first-order valence-corrected chi connectivity index (χ1v) is 12.8. The summed E-state index contributed by atoms with van der Waals surface area (Å²) in [6, 6.07) is 26.3. The van der Waals surface area contributed by atoms with Crippen LogP contribution in [0.3, 0.4) is 0 Å². The van der Waals surface area contributed by atoms with E-state index in [0.29, 0.717) is 29.7 Å². The molecular formula is C31H32N2O3. The van der Waals surface area contributed by atoms with E-state index in [4.69, 9.17) is 0 Å². The van der Waals surface area contributed by atoms with E-state index < -0.39 is 11.5 Å². The Hall–Kier alpha value is -3.73. The summed E-state index contributed by atoms with van der Waals surface area (Å²) in [5.41, 5.74) is 1.46. The molecule has 1 spiro atoms. The van der Waals surface area contributed by atoms with Crippen molar-refractivity contribution in [2.75, 3.05) is 5.32 Å². The molecule has 4 unspecified atom stereocenters. The highest BCUT2D eigenvalue weighted by molar-refractivity contribution is 6.14. The number of carbonyl (C=O) groups excluding carboxylic acids is 3. The van der Waals surface area contributed by atoms with E-state index in [1.165, 1.54) is 0 Å². The third-order valence-corrected chi connectivity index (χ3v) is 7.73. The molecule has 4 atom stereocenters. The Kier molecular flexibility index (Phi) is 6.25. The molecule has 2 amide bonds. The predicted molar refractivity (Wildman–Crippen MR) is 141 cm³/mol. The van der Waals surface area contributed by atoms with Gasteiger partial charge in [-0.3, -0.25) is 14.4 Å². The molecule has 5 heteroatoms. The lowest BCUT2D eigenvalue weighted by Gasteiger charge is -2.40. The van der Waals surface area contributed by atoms with Gasteiger partial charge in [0.15, 0.2) is 11.3 Å². The fourth-order valence-corrected chi connectivity index (χ4v) is 6.42. The first kappa shape index (κ1) is 24.0. The number of carbonyl (C=O) groups is 3. The molecule has 2 heterocycles. The summed E-state index contributed by atoms with van der Waals surface area (Å²) in [5.74, 6) is -1.62. The zero-order chi connectivity index (χ0) is 25.4. The standard InChI is InChI=1S/C31H32N2O3/c1-4-13-25(34)33-28(20(2)3)26(21-14-7-5-8-15-21)27(29(35)22-16-9-6-10-17-22)31(33)23-18-11-12-19-24(23)32-30(31)36/h5-12,14-20,26-28H,4,13H2,1-3H3,(H,32,36). The lowest BCUT2D eigenvalue weighted by molar-refractivity contribution is -0.147. The fraction of sp³-hybridized carbons (Fsp3) is 0.323. The minimum atomic E-state index is -1.43. The molecule has 3 aromatic rings. The van der Waals surface area contributed by atoms with Gasteiger partial charge >= 0.3 is 0 Å². The number of fused-ring (bicyclic) bond motifs is 2. The summed E-state index contributed by atoms with van der Waals surface area (Å²) < 4.78 is 0. The Labute approximate surface area is 212 Å². The van der Waals surface area contributed by atoms with Crippen LogP contribution in [-0.2, 0) is 15.1 Å². The maximum atomic E-state index is 14.5. The molecule has 1 saturated heterocycles. The van der Waals surface area contributed by atoms with Crippen LogP contribution in [0.1, 0.15) is 61.0 Å². The third-order valence-electron chi connectivity index (χ3n) is 7.73. The van der Waals surface area contributed by atoms with Crippen molar-refractivity contribution in [2.45, 2.75) is 51.1 Å². The average Bonchev–Trinajstić information content (AvgIpc) is 3.38. The van der Waals surface area contributed by atoms with Crippen LogP contribution in [0.2, 0.25) is 0 Å². The number of likely N-dealkylation sites (tertiary alicyclic amines) is 1. The summed E-state index contributed by atoms with van der Waals surface area (Å²) in [6.45, 7) is 6.12. The second-order valence-electron chi connectivity index (χ2n) is 10.2. The Bertz CT molecular complexity index is 1290. The Morgan fingerprint density at radius 2 is 1.53 bits per heavy atom. The fourth-order valence-electron chi connectivity index (χ4n) is 6.42.